The largest absolute Gasteiger partial charge is 0.271 e. The van der Waals surface area contributed by atoms with Crippen molar-refractivity contribution >= 4 is 11.6 Å². The molecule has 21 heavy (non-hydrogen) atoms. The lowest BCUT2D eigenvalue weighted by Crippen LogP contribution is -2.30. The van der Waals surface area contributed by atoms with Gasteiger partial charge in [-0.15, -0.1) is 0 Å². The second-order valence-electron chi connectivity index (χ2n) is 5.53. The van der Waals surface area contributed by atoms with E-state index in [1.807, 2.05) is 11.7 Å². The standard InChI is InChI=1S/C16H23ClN4/c1-5-13-16(17)15(21(4)20-13)9-14(19-18)12-7-10(2)6-11(3)8-12/h6-8,14,19H,5,9,18H2,1-4H3. The topological polar surface area (TPSA) is 55.9 Å². The summed E-state index contributed by atoms with van der Waals surface area (Å²) in [6.45, 7) is 6.24. The summed E-state index contributed by atoms with van der Waals surface area (Å²) in [7, 11) is 1.93. The molecule has 1 unspecified atom stereocenters. The maximum Gasteiger partial charge on any atom is 0.0850 e. The molecule has 1 heterocycles. The van der Waals surface area contributed by atoms with Crippen LogP contribution in [0.3, 0.4) is 0 Å². The van der Waals surface area contributed by atoms with Crippen LogP contribution in [0.2, 0.25) is 5.02 Å². The number of aromatic nitrogens is 2. The van der Waals surface area contributed by atoms with Crippen molar-refractivity contribution in [1.82, 2.24) is 15.2 Å². The minimum Gasteiger partial charge on any atom is -0.271 e. The van der Waals surface area contributed by atoms with Gasteiger partial charge in [0.15, 0.2) is 0 Å². The van der Waals surface area contributed by atoms with Crippen molar-refractivity contribution < 1.29 is 0 Å². The van der Waals surface area contributed by atoms with Crippen LogP contribution in [-0.2, 0) is 19.9 Å². The summed E-state index contributed by atoms with van der Waals surface area (Å²) in [4.78, 5) is 0. The fraction of sp³-hybridized carbons (Fsp3) is 0.438. The van der Waals surface area contributed by atoms with Gasteiger partial charge in [0.25, 0.3) is 0 Å². The monoisotopic (exact) mass is 306 g/mol. The van der Waals surface area contributed by atoms with E-state index in [0.717, 1.165) is 22.8 Å². The van der Waals surface area contributed by atoms with Crippen molar-refractivity contribution in [3.05, 3.63) is 51.3 Å². The van der Waals surface area contributed by atoms with Gasteiger partial charge in [-0.05, 0) is 25.8 Å². The predicted molar refractivity (Wildman–Crippen MR) is 87.3 cm³/mol. The van der Waals surface area contributed by atoms with Crippen LogP contribution in [0, 0.1) is 13.8 Å². The SMILES string of the molecule is CCc1nn(C)c(CC(NN)c2cc(C)cc(C)c2)c1Cl. The first-order chi connectivity index (χ1) is 9.96. The van der Waals surface area contributed by atoms with Gasteiger partial charge in [-0.25, -0.2) is 0 Å². The normalized spacial score (nSPS) is 12.7. The number of halogens is 1. The van der Waals surface area contributed by atoms with Gasteiger partial charge in [-0.2, -0.15) is 5.10 Å². The molecular weight excluding hydrogens is 284 g/mol. The average molecular weight is 307 g/mol. The smallest absolute Gasteiger partial charge is 0.0850 e. The molecule has 0 saturated heterocycles. The molecule has 0 bridgehead atoms. The van der Waals surface area contributed by atoms with Gasteiger partial charge in [0.2, 0.25) is 0 Å². The molecule has 0 amide bonds. The molecule has 2 rings (SSSR count). The van der Waals surface area contributed by atoms with E-state index in [4.69, 9.17) is 17.4 Å². The van der Waals surface area contributed by atoms with Crippen molar-refractivity contribution in [2.24, 2.45) is 12.9 Å². The number of rotatable bonds is 5. The zero-order chi connectivity index (χ0) is 15.6. The number of aryl methyl sites for hydroxylation is 4. The number of nitrogens with two attached hydrogens (primary N) is 1. The van der Waals surface area contributed by atoms with Gasteiger partial charge < -0.3 is 0 Å². The summed E-state index contributed by atoms with van der Waals surface area (Å²) in [5.74, 6) is 5.77. The van der Waals surface area contributed by atoms with E-state index < -0.39 is 0 Å². The van der Waals surface area contributed by atoms with Crippen LogP contribution >= 0.6 is 11.6 Å². The van der Waals surface area contributed by atoms with E-state index >= 15 is 0 Å². The van der Waals surface area contributed by atoms with Crippen molar-refractivity contribution in [2.45, 2.75) is 39.7 Å². The number of benzene rings is 1. The van der Waals surface area contributed by atoms with E-state index in [2.05, 4.69) is 49.5 Å². The highest BCUT2D eigenvalue weighted by Crippen LogP contribution is 2.27. The molecule has 1 aromatic carbocycles. The maximum absolute atomic E-state index is 6.43. The quantitative estimate of drug-likeness (QED) is 0.659. The van der Waals surface area contributed by atoms with Crippen LogP contribution in [0.4, 0.5) is 0 Å². The Kier molecular flexibility index (Phi) is 5.04. The molecule has 4 nitrogen and oxygen atoms in total. The zero-order valence-corrected chi connectivity index (χ0v) is 13.8. The summed E-state index contributed by atoms with van der Waals surface area (Å²) in [6, 6.07) is 6.48. The van der Waals surface area contributed by atoms with Crippen LogP contribution in [0.15, 0.2) is 18.2 Å². The molecule has 3 N–H and O–H groups in total. The highest BCUT2D eigenvalue weighted by molar-refractivity contribution is 6.31. The maximum atomic E-state index is 6.43. The Morgan fingerprint density at radius 1 is 1.29 bits per heavy atom. The van der Waals surface area contributed by atoms with Gasteiger partial charge in [-0.1, -0.05) is 47.9 Å². The molecule has 5 heteroatoms. The Morgan fingerprint density at radius 2 is 1.90 bits per heavy atom. The molecule has 114 valence electrons. The lowest BCUT2D eigenvalue weighted by Gasteiger charge is -2.18. The van der Waals surface area contributed by atoms with Gasteiger partial charge in [-0.3, -0.25) is 16.0 Å². The zero-order valence-electron chi connectivity index (χ0n) is 13.1. The van der Waals surface area contributed by atoms with Crippen LogP contribution in [0.1, 0.15) is 41.0 Å². The summed E-state index contributed by atoms with van der Waals surface area (Å²) >= 11 is 6.43. The minimum absolute atomic E-state index is 0.0150. The predicted octanol–water partition coefficient (Wildman–Crippen LogP) is 3.00. The summed E-state index contributed by atoms with van der Waals surface area (Å²) < 4.78 is 1.86. The molecule has 2 aromatic rings. The Morgan fingerprint density at radius 3 is 2.38 bits per heavy atom. The molecule has 0 aliphatic heterocycles. The third kappa shape index (κ3) is 3.46. The number of hydrazine groups is 1. The third-order valence-electron chi connectivity index (χ3n) is 3.75. The van der Waals surface area contributed by atoms with Gasteiger partial charge >= 0.3 is 0 Å². The molecular formula is C16H23ClN4. The third-order valence-corrected chi connectivity index (χ3v) is 4.18. The van der Waals surface area contributed by atoms with Crippen molar-refractivity contribution in [1.29, 1.82) is 0 Å². The Bertz CT molecular complexity index is 613. The van der Waals surface area contributed by atoms with Crippen LogP contribution < -0.4 is 11.3 Å². The summed E-state index contributed by atoms with van der Waals surface area (Å²) in [6.07, 6.45) is 1.54. The molecule has 0 aliphatic rings. The van der Waals surface area contributed by atoms with E-state index in [9.17, 15) is 0 Å². The van der Waals surface area contributed by atoms with Crippen LogP contribution in [0.5, 0.6) is 0 Å². The lowest BCUT2D eigenvalue weighted by atomic mass is 9.98. The molecule has 0 spiro atoms. The Labute approximate surface area is 131 Å². The minimum atomic E-state index is 0.0150. The van der Waals surface area contributed by atoms with Gasteiger partial charge in [0.05, 0.1) is 22.5 Å². The van der Waals surface area contributed by atoms with E-state index in [0.29, 0.717) is 6.42 Å². The highest BCUT2D eigenvalue weighted by Gasteiger charge is 2.19. The van der Waals surface area contributed by atoms with E-state index in [1.54, 1.807) is 0 Å². The second-order valence-corrected chi connectivity index (χ2v) is 5.91. The summed E-state index contributed by atoms with van der Waals surface area (Å²) in [5.41, 5.74) is 8.48. The van der Waals surface area contributed by atoms with Crippen molar-refractivity contribution in [2.75, 3.05) is 0 Å². The Balaban J connectivity index is 2.33. The highest BCUT2D eigenvalue weighted by atomic mass is 35.5. The number of hydrogen-bond acceptors (Lipinski definition) is 3. The fourth-order valence-electron chi connectivity index (χ4n) is 2.72. The van der Waals surface area contributed by atoms with Crippen molar-refractivity contribution in [3.8, 4) is 0 Å². The first-order valence-electron chi connectivity index (χ1n) is 7.20. The number of nitrogens with zero attached hydrogens (tertiary/aromatic N) is 2. The second kappa shape index (κ2) is 6.60. The van der Waals surface area contributed by atoms with E-state index in [1.165, 1.54) is 16.7 Å². The molecule has 0 saturated carbocycles. The molecule has 0 radical (unpaired) electrons. The molecule has 1 aromatic heterocycles. The summed E-state index contributed by atoms with van der Waals surface area (Å²) in [5, 5.41) is 5.22. The molecule has 0 fully saturated rings. The Hall–Kier alpha value is -1.36. The van der Waals surface area contributed by atoms with E-state index in [-0.39, 0.29) is 6.04 Å². The van der Waals surface area contributed by atoms with Gasteiger partial charge in [0.1, 0.15) is 0 Å². The first-order valence-corrected chi connectivity index (χ1v) is 7.58. The average Bonchev–Trinajstić information content (AvgIpc) is 2.70. The van der Waals surface area contributed by atoms with Crippen LogP contribution in [0.25, 0.3) is 0 Å². The van der Waals surface area contributed by atoms with Crippen LogP contribution in [-0.4, -0.2) is 9.78 Å². The number of nitrogens with one attached hydrogen (secondary N) is 1. The van der Waals surface area contributed by atoms with Gasteiger partial charge in [0, 0.05) is 13.5 Å². The fourth-order valence-corrected chi connectivity index (χ4v) is 3.09. The van der Waals surface area contributed by atoms with Crippen molar-refractivity contribution in [3.63, 3.8) is 0 Å². The first kappa shape index (κ1) is 16.0. The molecule has 0 aliphatic carbocycles. The lowest BCUT2D eigenvalue weighted by molar-refractivity contribution is 0.529. The number of hydrogen-bond donors (Lipinski definition) is 2. The molecule has 1 atom stereocenters.